The third-order valence-corrected chi connectivity index (χ3v) is 12.8. The van der Waals surface area contributed by atoms with E-state index in [9.17, 15) is 33.9 Å². The number of nitrogens with one attached hydrogen (secondary N) is 4. The molecule has 5 atom stereocenters. The molecule has 14 heteroatoms. The fraction of sp³-hybridized carbons (Fsp3) is 0.222. The molecule has 13 nitrogen and oxygen atoms in total. The molecule has 0 fully saturated rings. The molecule has 3 heterocycles. The highest BCUT2D eigenvalue weighted by Gasteiger charge is 2.36. The molecule has 2 bridgehead atoms. The Morgan fingerprint density at radius 1 is 0.691 bits per heavy atom. The minimum absolute atomic E-state index is 0.00714. The largest absolute Gasteiger partial charge is 0.484 e. The molecule has 0 saturated heterocycles. The van der Waals surface area contributed by atoms with Crippen LogP contribution in [0.15, 0.2) is 164 Å². The Hall–Kier alpha value is -7.84. The zero-order valence-electron chi connectivity index (χ0n) is 37.5. The third kappa shape index (κ3) is 12.9. The Morgan fingerprint density at radius 2 is 1.29 bits per heavy atom. The SMILES string of the molecule is C=C(c1cccs1)[C@@H]1NC(=O)COc2ccc(cc2)C[C@@H](C(=O)N(C)[C@@H](Cc2ccccc2)C(=O)O)NC(=O)[C@H](CCc2ccccc2)NC(=O)[C@@H](Cc2ccc(-c3ccccc3)cc2)NC1=O. The summed E-state index contributed by atoms with van der Waals surface area (Å²) in [6, 6.07) is 39.4. The Kier molecular flexibility index (Phi) is 16.3. The summed E-state index contributed by atoms with van der Waals surface area (Å²) >= 11 is 1.33. The second kappa shape index (κ2) is 23.1. The number of rotatable bonds is 13. The first kappa shape index (κ1) is 48.1. The first-order valence-electron chi connectivity index (χ1n) is 22.3. The van der Waals surface area contributed by atoms with Gasteiger partial charge in [0.1, 0.15) is 36.0 Å². The Morgan fingerprint density at radius 3 is 1.93 bits per heavy atom. The lowest BCUT2D eigenvalue weighted by Gasteiger charge is -2.31. The first-order chi connectivity index (χ1) is 32.9. The summed E-state index contributed by atoms with van der Waals surface area (Å²) in [5.41, 5.74) is 5.11. The van der Waals surface area contributed by atoms with E-state index in [0.29, 0.717) is 39.3 Å². The Bertz CT molecular complexity index is 2680. The van der Waals surface area contributed by atoms with Crippen LogP contribution in [-0.4, -0.2) is 89.4 Å². The first-order valence-corrected chi connectivity index (χ1v) is 23.2. The van der Waals surface area contributed by atoms with Crippen molar-refractivity contribution in [2.75, 3.05) is 13.7 Å². The molecule has 68 heavy (non-hydrogen) atoms. The van der Waals surface area contributed by atoms with Gasteiger partial charge in [0.2, 0.25) is 23.6 Å². The van der Waals surface area contributed by atoms with Gasteiger partial charge >= 0.3 is 5.97 Å². The molecular weight excluding hydrogens is 879 g/mol. The van der Waals surface area contributed by atoms with Crippen LogP contribution in [0, 0.1) is 0 Å². The van der Waals surface area contributed by atoms with E-state index in [1.54, 1.807) is 60.7 Å². The number of aryl methyl sites for hydroxylation is 1. The van der Waals surface area contributed by atoms with E-state index in [0.717, 1.165) is 21.6 Å². The number of carboxylic acids is 1. The smallest absolute Gasteiger partial charge is 0.326 e. The molecule has 5 amide bonds. The number of likely N-dealkylation sites (N-methyl/N-ethyl adjacent to an activating group) is 1. The monoisotopic (exact) mass is 931 g/mol. The van der Waals surface area contributed by atoms with Gasteiger partial charge in [-0.1, -0.05) is 140 Å². The lowest BCUT2D eigenvalue weighted by Crippen LogP contribution is -2.60. The van der Waals surface area contributed by atoms with Crippen LogP contribution in [0.5, 0.6) is 5.75 Å². The predicted molar refractivity (Wildman–Crippen MR) is 261 cm³/mol. The van der Waals surface area contributed by atoms with Crippen molar-refractivity contribution < 1.29 is 38.6 Å². The van der Waals surface area contributed by atoms with Crippen LogP contribution in [-0.2, 0) is 54.5 Å². The number of thiophene rings is 1. The zero-order valence-corrected chi connectivity index (χ0v) is 38.3. The van der Waals surface area contributed by atoms with E-state index in [1.807, 2.05) is 96.4 Å². The van der Waals surface area contributed by atoms with Gasteiger partial charge in [-0.3, -0.25) is 24.0 Å². The lowest BCUT2D eigenvalue weighted by molar-refractivity contribution is -0.150. The highest BCUT2D eigenvalue weighted by atomic mass is 32.1. The molecule has 0 aliphatic carbocycles. The molecule has 5 N–H and O–H groups in total. The summed E-state index contributed by atoms with van der Waals surface area (Å²) in [7, 11) is 1.39. The summed E-state index contributed by atoms with van der Waals surface area (Å²) in [5.74, 6) is -4.32. The van der Waals surface area contributed by atoms with Crippen LogP contribution in [0.2, 0.25) is 0 Å². The van der Waals surface area contributed by atoms with E-state index < -0.39 is 72.3 Å². The number of fused-ring (bicyclic) bond motifs is 16. The van der Waals surface area contributed by atoms with Crippen LogP contribution in [0.25, 0.3) is 16.7 Å². The maximum atomic E-state index is 14.8. The number of carbonyl (C=O) groups excluding carboxylic acids is 5. The zero-order chi connectivity index (χ0) is 48.0. The number of carbonyl (C=O) groups is 6. The molecule has 0 radical (unpaired) electrons. The average molecular weight is 932 g/mol. The van der Waals surface area contributed by atoms with E-state index in [4.69, 9.17) is 4.74 Å². The average Bonchev–Trinajstić information content (AvgIpc) is 3.91. The molecular formula is C54H53N5O8S. The maximum absolute atomic E-state index is 14.8. The van der Waals surface area contributed by atoms with Gasteiger partial charge in [0.15, 0.2) is 6.61 Å². The molecule has 0 spiro atoms. The Labute approximate surface area is 399 Å². The van der Waals surface area contributed by atoms with E-state index in [2.05, 4.69) is 27.8 Å². The molecule has 2 aliphatic heterocycles. The molecule has 2 aliphatic rings. The van der Waals surface area contributed by atoms with Gasteiger partial charge in [-0.25, -0.2) is 4.79 Å². The standard InChI is InChI=1S/C54H53N5O8S/c1-35(47-19-12-30-68-47)49-52(63)56-44(31-38-20-25-41(26-21-38)40-17-10-5-11-18-40)51(62)55-43(29-24-36-13-6-3-7-14-36)50(61)57-45(32-39-22-27-42(28-23-39)67-34-48(60)58-49)53(64)59(2)46(54(65)66)33-37-15-8-4-9-16-37/h3-23,25-28,30,43-46,49H,1,24,29,31-34H2,2H3,(H,55,62)(H,56,63)(H,57,61)(H,58,60)(H,65,66)/t43-,44+,45-,46-,49-/m0/s1. The van der Waals surface area contributed by atoms with E-state index in [1.165, 1.54) is 18.4 Å². The fourth-order valence-corrected chi connectivity index (χ4v) is 8.71. The number of hydrogen-bond donors (Lipinski definition) is 5. The second-order valence-corrected chi connectivity index (χ2v) is 17.6. The number of benzene rings is 5. The quantitative estimate of drug-likeness (QED) is 0.0870. The molecule has 5 aromatic carbocycles. The third-order valence-electron chi connectivity index (χ3n) is 11.8. The number of hydrogen-bond acceptors (Lipinski definition) is 8. The van der Waals surface area contributed by atoms with Gasteiger partial charge in [-0.2, -0.15) is 0 Å². The van der Waals surface area contributed by atoms with Gasteiger partial charge in [0, 0.05) is 31.2 Å². The number of carboxylic acid groups (broad SMARTS) is 1. The molecule has 1 aromatic heterocycles. The van der Waals surface area contributed by atoms with Gasteiger partial charge < -0.3 is 36.0 Å². The van der Waals surface area contributed by atoms with Crippen LogP contribution in [0.4, 0.5) is 0 Å². The second-order valence-electron chi connectivity index (χ2n) is 16.6. The maximum Gasteiger partial charge on any atom is 0.326 e. The lowest BCUT2D eigenvalue weighted by atomic mass is 9.98. The van der Waals surface area contributed by atoms with Crippen LogP contribution in [0.1, 0.15) is 33.6 Å². The summed E-state index contributed by atoms with van der Waals surface area (Å²) in [5, 5.41) is 23.6. The van der Waals surface area contributed by atoms with Crippen molar-refractivity contribution >= 4 is 52.4 Å². The number of nitrogens with zero attached hydrogens (tertiary/aromatic N) is 1. The summed E-state index contributed by atoms with van der Waals surface area (Å²) in [4.78, 5) is 86.6. The van der Waals surface area contributed by atoms with Crippen LogP contribution < -0.4 is 26.0 Å². The topological polar surface area (TPSA) is 183 Å². The summed E-state index contributed by atoms with van der Waals surface area (Å²) < 4.78 is 5.83. The van der Waals surface area contributed by atoms with Crippen molar-refractivity contribution in [1.29, 1.82) is 0 Å². The van der Waals surface area contributed by atoms with Crippen molar-refractivity contribution in [1.82, 2.24) is 26.2 Å². The van der Waals surface area contributed by atoms with Gasteiger partial charge in [-0.05, 0) is 75.4 Å². The van der Waals surface area contributed by atoms with Crippen molar-refractivity contribution in [2.45, 2.75) is 62.3 Å². The van der Waals surface area contributed by atoms with Crippen molar-refractivity contribution in [3.63, 3.8) is 0 Å². The van der Waals surface area contributed by atoms with Crippen LogP contribution in [0.3, 0.4) is 0 Å². The minimum Gasteiger partial charge on any atom is -0.484 e. The van der Waals surface area contributed by atoms with Gasteiger partial charge in [-0.15, -0.1) is 11.3 Å². The van der Waals surface area contributed by atoms with Gasteiger partial charge in [0.25, 0.3) is 5.91 Å². The van der Waals surface area contributed by atoms with Crippen molar-refractivity contribution in [3.8, 4) is 16.9 Å². The molecule has 348 valence electrons. The summed E-state index contributed by atoms with van der Waals surface area (Å²) in [6.45, 7) is 3.70. The highest BCUT2D eigenvalue weighted by molar-refractivity contribution is 7.11. The fourth-order valence-electron chi connectivity index (χ4n) is 7.98. The van der Waals surface area contributed by atoms with Crippen molar-refractivity contribution in [3.05, 3.63) is 191 Å². The summed E-state index contributed by atoms with van der Waals surface area (Å²) in [6.07, 6.45) is 0.391. The normalized spacial score (nSPS) is 18.5. The molecule has 8 rings (SSSR count). The predicted octanol–water partition coefficient (Wildman–Crippen LogP) is 6.03. The van der Waals surface area contributed by atoms with Crippen molar-refractivity contribution in [2.24, 2.45) is 0 Å². The highest BCUT2D eigenvalue weighted by Crippen LogP contribution is 2.24. The number of amides is 5. The number of aliphatic carboxylic acids is 1. The van der Waals surface area contributed by atoms with Crippen LogP contribution >= 0.6 is 11.3 Å². The number of ether oxygens (including phenoxy) is 1. The molecule has 6 aromatic rings. The van der Waals surface area contributed by atoms with E-state index >= 15 is 0 Å². The molecule has 0 saturated carbocycles. The van der Waals surface area contributed by atoms with Gasteiger partial charge in [0.05, 0.1) is 0 Å². The molecule has 0 unspecified atom stereocenters. The Balaban J connectivity index is 1.25. The van der Waals surface area contributed by atoms with E-state index in [-0.39, 0.29) is 25.7 Å². The minimum atomic E-state index is -1.32.